The van der Waals surface area contributed by atoms with E-state index in [0.717, 1.165) is 38.5 Å². The highest BCUT2D eigenvalue weighted by Gasteiger charge is 2.08. The van der Waals surface area contributed by atoms with Gasteiger partial charge in [-0.1, -0.05) is 40.0 Å². The fourth-order valence-corrected chi connectivity index (χ4v) is 1.38. The van der Waals surface area contributed by atoms with Crippen molar-refractivity contribution in [2.75, 3.05) is 19.8 Å². The molecule has 188 valence electrons. The number of aliphatic hydroxyl groups excluding tert-OH is 1. The van der Waals surface area contributed by atoms with Crippen LogP contribution in [0.25, 0.3) is 0 Å². The third kappa shape index (κ3) is 47.2. The maximum atomic E-state index is 11.1. The van der Waals surface area contributed by atoms with Crippen molar-refractivity contribution in [2.45, 2.75) is 85.0 Å². The zero-order valence-corrected chi connectivity index (χ0v) is 19.9. The molecule has 0 saturated heterocycles. The van der Waals surface area contributed by atoms with Gasteiger partial charge in [-0.3, -0.25) is 14.4 Å². The van der Waals surface area contributed by atoms with Crippen LogP contribution in [0, 0.1) is 0 Å². The van der Waals surface area contributed by atoms with Gasteiger partial charge in [0, 0.05) is 12.6 Å². The normalized spacial score (nSPS) is 8.65. The monoisotopic (exact) mass is 457 g/mol. The van der Waals surface area contributed by atoms with Crippen LogP contribution in [0.2, 0.25) is 0 Å². The lowest BCUT2D eigenvalue weighted by atomic mass is 10.3. The number of carbonyl (C=O) groups excluding carboxylic acids is 3. The van der Waals surface area contributed by atoms with E-state index < -0.39 is 18.4 Å². The Bertz CT molecular complexity index is 395. The van der Waals surface area contributed by atoms with E-state index in [1.54, 1.807) is 0 Å². The fraction of sp³-hybridized carbons (Fsp3) is 0.800. The van der Waals surface area contributed by atoms with Crippen molar-refractivity contribution < 1.29 is 44.0 Å². The molecule has 0 spiro atoms. The molecule has 0 heterocycles. The third-order valence-electron chi connectivity index (χ3n) is 3.11. The number of quaternary nitrogens is 2. The number of hydrogen-bond donors (Lipinski definition) is 4. The topological polar surface area (TPSA) is 223 Å². The number of carboxylic acids is 2. The number of esters is 2. The second-order valence-electron chi connectivity index (χ2n) is 5.99. The first-order chi connectivity index (χ1) is 13.7. The van der Waals surface area contributed by atoms with Gasteiger partial charge in [-0.05, 0) is 25.7 Å². The van der Waals surface area contributed by atoms with E-state index in [0.29, 0.717) is 19.8 Å². The van der Waals surface area contributed by atoms with Gasteiger partial charge in [0.25, 0.3) is 0 Å². The van der Waals surface area contributed by atoms with Gasteiger partial charge >= 0.3 is 17.9 Å². The van der Waals surface area contributed by atoms with Gasteiger partial charge in [-0.25, -0.2) is 0 Å². The standard InChI is InChI=1S/C12H22O4.C4H6O4.C4H10O.2H3N/c1-3-5-9-15-11(13)7-8-12(14)16-10-6-4-2;5-3(6)1-2-4(7)8;1-2-3-4-5;;/h3-10H2,1-2H3;1-2H2,(H,5,6)(H,7,8);5H,2-4H2,1H3;2*1H3/p+1. The maximum Gasteiger partial charge on any atom is 0.306 e. The lowest BCUT2D eigenvalue weighted by Crippen LogP contribution is -2.22. The number of unbranched alkanes of at least 4 members (excludes halogenated alkanes) is 3. The Morgan fingerprint density at radius 1 is 0.710 bits per heavy atom. The summed E-state index contributed by atoms with van der Waals surface area (Å²) in [4.78, 5) is 41.4. The molecule has 0 aromatic carbocycles. The summed E-state index contributed by atoms with van der Waals surface area (Å²) in [7, 11) is 0. The van der Waals surface area contributed by atoms with Crippen LogP contribution in [-0.4, -0.2) is 53.9 Å². The second-order valence-corrected chi connectivity index (χ2v) is 5.99. The summed E-state index contributed by atoms with van der Waals surface area (Å²) < 4.78 is 9.82. The minimum atomic E-state index is -1.33. The molecule has 10 N–H and O–H groups in total. The average Bonchev–Trinajstić information content (AvgIpc) is 2.67. The lowest BCUT2D eigenvalue weighted by Gasteiger charge is -2.04. The van der Waals surface area contributed by atoms with Crippen LogP contribution in [0.3, 0.4) is 0 Å². The maximum absolute atomic E-state index is 11.1. The molecular formula is C20H45N2O9+. The van der Waals surface area contributed by atoms with Gasteiger partial charge in [-0.2, -0.15) is 0 Å². The van der Waals surface area contributed by atoms with E-state index in [-0.39, 0.29) is 43.5 Å². The summed E-state index contributed by atoms with van der Waals surface area (Å²) in [5, 5.41) is 25.5. The van der Waals surface area contributed by atoms with E-state index in [1.807, 2.05) is 13.8 Å². The van der Waals surface area contributed by atoms with Crippen LogP contribution in [0.4, 0.5) is 0 Å². The van der Waals surface area contributed by atoms with Crippen molar-refractivity contribution in [3.8, 4) is 0 Å². The largest absolute Gasteiger partial charge is 0.550 e. The number of rotatable bonds is 14. The van der Waals surface area contributed by atoms with Gasteiger partial charge < -0.3 is 41.9 Å². The van der Waals surface area contributed by atoms with Crippen LogP contribution in [0.1, 0.15) is 85.0 Å². The second kappa shape index (κ2) is 32.4. The molecule has 0 radical (unpaired) electrons. The summed E-state index contributed by atoms with van der Waals surface area (Å²) in [6, 6.07) is 0. The summed E-state index contributed by atoms with van der Waals surface area (Å²) in [6.07, 6.45) is 5.23. The smallest absolute Gasteiger partial charge is 0.306 e. The van der Waals surface area contributed by atoms with E-state index in [9.17, 15) is 24.3 Å². The van der Waals surface area contributed by atoms with Crippen molar-refractivity contribution in [1.29, 1.82) is 0 Å². The van der Waals surface area contributed by atoms with E-state index >= 15 is 0 Å². The Labute approximate surface area is 185 Å². The third-order valence-corrected chi connectivity index (χ3v) is 3.11. The van der Waals surface area contributed by atoms with Crippen LogP contribution in [0.5, 0.6) is 0 Å². The van der Waals surface area contributed by atoms with Gasteiger partial charge in [0.2, 0.25) is 0 Å². The predicted octanol–water partition coefficient (Wildman–Crippen LogP) is 2.59. The molecule has 0 atom stereocenters. The van der Waals surface area contributed by atoms with Gasteiger partial charge in [0.05, 0.1) is 32.5 Å². The molecule has 0 saturated carbocycles. The summed E-state index contributed by atoms with van der Waals surface area (Å²) >= 11 is 0. The first kappa shape index (κ1) is 39.3. The van der Waals surface area contributed by atoms with Gasteiger partial charge in [0.15, 0.2) is 0 Å². The van der Waals surface area contributed by atoms with Crippen molar-refractivity contribution in [2.24, 2.45) is 0 Å². The molecule has 0 aromatic heterocycles. The molecule has 0 unspecified atom stereocenters. The van der Waals surface area contributed by atoms with Crippen molar-refractivity contribution in [3.63, 3.8) is 0 Å². The summed E-state index contributed by atoms with van der Waals surface area (Å²) in [5.41, 5.74) is 0. The first-order valence-electron chi connectivity index (χ1n) is 10.1. The van der Waals surface area contributed by atoms with Crippen molar-refractivity contribution >= 4 is 23.9 Å². The zero-order chi connectivity index (χ0) is 22.9. The van der Waals surface area contributed by atoms with Gasteiger partial charge in [-0.15, -0.1) is 0 Å². The van der Waals surface area contributed by atoms with Crippen molar-refractivity contribution in [1.82, 2.24) is 12.3 Å². The molecule has 0 amide bonds. The SMILES string of the molecule is CCCCO.CCCCOC(=O)CCC(=O)OCCCC.O=C([O-])CCC(=O)O.[NH4+].[NH4+]. The zero-order valence-electron chi connectivity index (χ0n) is 19.9. The van der Waals surface area contributed by atoms with Crippen molar-refractivity contribution in [3.05, 3.63) is 0 Å². The molecule has 11 heteroatoms. The van der Waals surface area contributed by atoms with Crippen LogP contribution < -0.4 is 17.4 Å². The Morgan fingerprint density at radius 2 is 1.10 bits per heavy atom. The molecule has 0 rings (SSSR count). The molecular weight excluding hydrogens is 412 g/mol. The van der Waals surface area contributed by atoms with E-state index in [2.05, 4.69) is 6.92 Å². The minimum Gasteiger partial charge on any atom is -0.550 e. The van der Waals surface area contributed by atoms with Crippen LogP contribution in [-0.2, 0) is 28.7 Å². The van der Waals surface area contributed by atoms with Crippen LogP contribution >= 0.6 is 0 Å². The molecule has 11 nitrogen and oxygen atoms in total. The number of carbonyl (C=O) groups is 4. The number of hydrogen-bond acceptors (Lipinski definition) is 8. The number of aliphatic carboxylic acids is 2. The van der Waals surface area contributed by atoms with E-state index in [4.69, 9.17) is 19.7 Å². The number of carboxylic acid groups (broad SMARTS) is 2. The average molecular weight is 458 g/mol. The van der Waals surface area contributed by atoms with Crippen LogP contribution in [0.15, 0.2) is 0 Å². The first-order valence-corrected chi connectivity index (χ1v) is 10.1. The Morgan fingerprint density at radius 3 is 1.29 bits per heavy atom. The quantitative estimate of drug-likeness (QED) is 0.222. The molecule has 0 fully saturated rings. The lowest BCUT2D eigenvalue weighted by molar-refractivity contribution is -0.305. The molecule has 0 aromatic rings. The number of aliphatic hydroxyl groups is 1. The molecule has 0 aliphatic heterocycles. The molecule has 0 bridgehead atoms. The van der Waals surface area contributed by atoms with E-state index in [1.165, 1.54) is 0 Å². The predicted molar refractivity (Wildman–Crippen MR) is 117 cm³/mol. The molecule has 31 heavy (non-hydrogen) atoms. The highest BCUT2D eigenvalue weighted by Crippen LogP contribution is 1.99. The molecule has 0 aliphatic rings. The Hall–Kier alpha value is -2.24. The minimum absolute atomic E-state index is 0. The summed E-state index contributed by atoms with van der Waals surface area (Å²) in [5.74, 6) is -3.08. The Kier molecular flexibility index (Phi) is 41.1. The van der Waals surface area contributed by atoms with Gasteiger partial charge in [0.1, 0.15) is 0 Å². The molecule has 0 aliphatic carbocycles. The highest BCUT2D eigenvalue weighted by molar-refractivity contribution is 5.77. The summed E-state index contributed by atoms with van der Waals surface area (Å²) in [6.45, 7) is 7.34. The Balaban J connectivity index is -0.000000126. The number of ether oxygens (including phenoxy) is 2. The highest BCUT2D eigenvalue weighted by atomic mass is 16.5. The fourth-order valence-electron chi connectivity index (χ4n) is 1.38.